The number of hydrogen-bond acceptors (Lipinski definition) is 4. The second-order valence-electron chi connectivity index (χ2n) is 4.92. The van der Waals surface area contributed by atoms with Crippen molar-refractivity contribution in [1.82, 2.24) is 5.32 Å². The molecule has 7 nitrogen and oxygen atoms in total. The highest BCUT2D eigenvalue weighted by Crippen LogP contribution is 2.31. The number of carboxylic acid groups (broad SMARTS) is 2. The van der Waals surface area contributed by atoms with Gasteiger partial charge in [-0.25, -0.2) is 0 Å². The lowest BCUT2D eigenvalue weighted by atomic mass is 9.96. The Morgan fingerprint density at radius 2 is 1.95 bits per heavy atom. The maximum atomic E-state index is 11.6. The lowest BCUT2D eigenvalue weighted by Gasteiger charge is -2.18. The van der Waals surface area contributed by atoms with Crippen molar-refractivity contribution in [1.29, 1.82) is 0 Å². The largest absolute Gasteiger partial charge is 0.481 e. The fourth-order valence-electron chi connectivity index (χ4n) is 2.38. The van der Waals surface area contributed by atoms with Gasteiger partial charge in [0, 0.05) is 13.0 Å². The molecule has 3 unspecified atom stereocenters. The van der Waals surface area contributed by atoms with E-state index in [1.54, 1.807) is 0 Å². The van der Waals surface area contributed by atoms with E-state index in [4.69, 9.17) is 15.9 Å². The zero-order chi connectivity index (χ0) is 14.4. The molecule has 0 aromatic carbocycles. The van der Waals surface area contributed by atoms with Gasteiger partial charge in [0.1, 0.15) is 0 Å². The highest BCUT2D eigenvalue weighted by molar-refractivity contribution is 5.82. The molecule has 19 heavy (non-hydrogen) atoms. The highest BCUT2D eigenvalue weighted by atomic mass is 16.4. The number of amides is 1. The van der Waals surface area contributed by atoms with Crippen LogP contribution in [0.4, 0.5) is 0 Å². The van der Waals surface area contributed by atoms with Crippen LogP contribution in [-0.2, 0) is 14.4 Å². The molecule has 1 rings (SSSR count). The van der Waals surface area contributed by atoms with E-state index in [0.29, 0.717) is 6.42 Å². The van der Waals surface area contributed by atoms with Gasteiger partial charge in [0.2, 0.25) is 5.91 Å². The van der Waals surface area contributed by atoms with Crippen molar-refractivity contribution in [2.45, 2.75) is 38.1 Å². The van der Waals surface area contributed by atoms with E-state index >= 15 is 0 Å². The van der Waals surface area contributed by atoms with Crippen molar-refractivity contribution in [3.63, 3.8) is 0 Å². The minimum absolute atomic E-state index is 0.0619. The normalized spacial score (nSPS) is 23.8. The summed E-state index contributed by atoms with van der Waals surface area (Å²) in [4.78, 5) is 32.9. The third-order valence-corrected chi connectivity index (χ3v) is 3.52. The molecule has 0 heterocycles. The summed E-state index contributed by atoms with van der Waals surface area (Å²) in [7, 11) is 0. The number of aliphatic carboxylic acids is 2. The topological polar surface area (TPSA) is 130 Å². The van der Waals surface area contributed by atoms with Gasteiger partial charge in [0.05, 0.1) is 12.0 Å². The van der Waals surface area contributed by atoms with Gasteiger partial charge >= 0.3 is 11.9 Å². The first kappa shape index (κ1) is 15.4. The van der Waals surface area contributed by atoms with E-state index in [-0.39, 0.29) is 25.3 Å². The summed E-state index contributed by atoms with van der Waals surface area (Å²) in [5, 5.41) is 20.1. The van der Waals surface area contributed by atoms with Crippen LogP contribution in [0.1, 0.15) is 32.1 Å². The van der Waals surface area contributed by atoms with Crippen LogP contribution >= 0.6 is 0 Å². The number of nitrogens with two attached hydrogens (primary N) is 1. The summed E-state index contributed by atoms with van der Waals surface area (Å²) in [5.74, 6) is -2.71. The fourth-order valence-corrected chi connectivity index (χ4v) is 2.38. The summed E-state index contributed by atoms with van der Waals surface area (Å²) >= 11 is 0. The first-order valence-electron chi connectivity index (χ1n) is 6.39. The molecule has 0 aromatic heterocycles. The summed E-state index contributed by atoms with van der Waals surface area (Å²) in [6, 6.07) is -0.860. The molecule has 7 heteroatoms. The van der Waals surface area contributed by atoms with Gasteiger partial charge in [0.15, 0.2) is 0 Å². The number of carbonyl (C=O) groups excluding carboxylic acids is 1. The first-order valence-corrected chi connectivity index (χ1v) is 6.39. The monoisotopic (exact) mass is 272 g/mol. The van der Waals surface area contributed by atoms with Crippen LogP contribution < -0.4 is 11.1 Å². The molecule has 0 spiro atoms. The average Bonchev–Trinajstić information content (AvgIpc) is 2.81. The Kier molecular flexibility index (Phi) is 5.75. The van der Waals surface area contributed by atoms with Gasteiger partial charge in [0.25, 0.3) is 0 Å². The molecule has 1 fully saturated rings. The van der Waals surface area contributed by atoms with Crippen LogP contribution in [0, 0.1) is 11.8 Å². The van der Waals surface area contributed by atoms with Gasteiger partial charge < -0.3 is 21.3 Å². The first-order chi connectivity index (χ1) is 8.91. The van der Waals surface area contributed by atoms with Crippen molar-refractivity contribution < 1.29 is 24.6 Å². The van der Waals surface area contributed by atoms with Crippen LogP contribution in [0.15, 0.2) is 0 Å². The van der Waals surface area contributed by atoms with Crippen LogP contribution in [0.2, 0.25) is 0 Å². The number of nitrogens with one attached hydrogen (secondary N) is 1. The summed E-state index contributed by atoms with van der Waals surface area (Å²) < 4.78 is 0. The van der Waals surface area contributed by atoms with Gasteiger partial charge in [-0.2, -0.15) is 0 Å². The van der Waals surface area contributed by atoms with Gasteiger partial charge in [-0.3, -0.25) is 14.4 Å². The third-order valence-electron chi connectivity index (χ3n) is 3.52. The minimum atomic E-state index is -0.995. The van der Waals surface area contributed by atoms with Crippen LogP contribution in [0.3, 0.4) is 0 Å². The molecule has 3 atom stereocenters. The Morgan fingerprint density at radius 1 is 1.26 bits per heavy atom. The second kappa shape index (κ2) is 7.08. The van der Waals surface area contributed by atoms with E-state index in [2.05, 4.69) is 5.32 Å². The molecule has 0 bridgehead atoms. The van der Waals surface area contributed by atoms with E-state index in [1.165, 1.54) is 0 Å². The standard InChI is InChI=1S/C12H20N2O5/c13-9(4-5-10(15)16)11(17)14-6-7-2-1-3-8(7)12(18)19/h7-9H,1-6,13H2,(H,14,17)(H,15,16)(H,18,19). The molecule has 1 aliphatic rings. The Morgan fingerprint density at radius 3 is 2.53 bits per heavy atom. The molecule has 0 saturated heterocycles. The molecule has 108 valence electrons. The summed E-state index contributed by atoms with van der Waals surface area (Å²) in [6.07, 6.45) is 2.19. The summed E-state index contributed by atoms with van der Waals surface area (Å²) in [5.41, 5.74) is 5.55. The molecular formula is C12H20N2O5. The Balaban J connectivity index is 2.33. The van der Waals surface area contributed by atoms with Crippen LogP contribution in [-0.4, -0.2) is 40.6 Å². The average molecular weight is 272 g/mol. The lowest BCUT2D eigenvalue weighted by Crippen LogP contribution is -2.43. The molecular weight excluding hydrogens is 252 g/mol. The Bertz CT molecular complexity index is 358. The van der Waals surface area contributed by atoms with Crippen molar-refractivity contribution in [3.05, 3.63) is 0 Å². The third kappa shape index (κ3) is 4.86. The van der Waals surface area contributed by atoms with Crippen LogP contribution in [0.5, 0.6) is 0 Å². The van der Waals surface area contributed by atoms with Crippen molar-refractivity contribution in [2.24, 2.45) is 17.6 Å². The summed E-state index contributed by atoms with van der Waals surface area (Å²) in [6.45, 7) is 0.288. The van der Waals surface area contributed by atoms with Crippen molar-refractivity contribution >= 4 is 17.8 Å². The Labute approximate surface area is 111 Å². The highest BCUT2D eigenvalue weighted by Gasteiger charge is 2.33. The number of carbonyl (C=O) groups is 3. The zero-order valence-corrected chi connectivity index (χ0v) is 10.7. The number of hydrogen-bond donors (Lipinski definition) is 4. The Hall–Kier alpha value is -1.63. The van der Waals surface area contributed by atoms with Gasteiger partial charge in [-0.1, -0.05) is 6.42 Å². The maximum absolute atomic E-state index is 11.6. The molecule has 0 aromatic rings. The predicted molar refractivity (Wildman–Crippen MR) is 66.3 cm³/mol. The lowest BCUT2D eigenvalue weighted by molar-refractivity contribution is -0.143. The van der Waals surface area contributed by atoms with E-state index in [1.807, 2.05) is 0 Å². The zero-order valence-electron chi connectivity index (χ0n) is 10.7. The molecule has 5 N–H and O–H groups in total. The van der Waals surface area contributed by atoms with Crippen molar-refractivity contribution in [3.8, 4) is 0 Å². The smallest absolute Gasteiger partial charge is 0.306 e. The second-order valence-corrected chi connectivity index (χ2v) is 4.92. The SMILES string of the molecule is NC(CCC(=O)O)C(=O)NCC1CCCC1C(=O)O. The predicted octanol–water partition coefficient (Wildman–Crippen LogP) is -0.204. The molecule has 1 aliphatic carbocycles. The van der Waals surface area contributed by atoms with Crippen molar-refractivity contribution in [2.75, 3.05) is 6.54 Å². The number of rotatable bonds is 7. The van der Waals surface area contributed by atoms with Gasteiger partial charge in [-0.15, -0.1) is 0 Å². The molecule has 0 radical (unpaired) electrons. The maximum Gasteiger partial charge on any atom is 0.306 e. The molecule has 1 amide bonds. The fraction of sp³-hybridized carbons (Fsp3) is 0.750. The molecule has 0 aliphatic heterocycles. The quantitative estimate of drug-likeness (QED) is 0.507. The van der Waals surface area contributed by atoms with E-state index in [0.717, 1.165) is 12.8 Å². The van der Waals surface area contributed by atoms with E-state index in [9.17, 15) is 14.4 Å². The van der Waals surface area contributed by atoms with Gasteiger partial charge in [-0.05, 0) is 25.2 Å². The molecule has 1 saturated carbocycles. The minimum Gasteiger partial charge on any atom is -0.481 e. The van der Waals surface area contributed by atoms with E-state index < -0.39 is 29.8 Å². The van der Waals surface area contributed by atoms with Crippen LogP contribution in [0.25, 0.3) is 0 Å². The number of carboxylic acids is 2.